The standard InChI is InChI=1S/C16H19N3OS/c1-12-7-6-10-17-15(12)19-16(21)18-13(2)11-20-14-8-4-3-5-9-14/h3-10,13H,11H2,1-2H3,(H2,17,18,19,21)/t13-/m1/s1. The maximum absolute atomic E-state index is 5.68. The number of para-hydroxylation sites is 1. The van der Waals surface area contributed by atoms with Crippen molar-refractivity contribution in [3.05, 3.63) is 54.2 Å². The summed E-state index contributed by atoms with van der Waals surface area (Å²) in [6, 6.07) is 13.7. The zero-order valence-corrected chi connectivity index (χ0v) is 13.0. The van der Waals surface area contributed by atoms with E-state index in [2.05, 4.69) is 15.6 Å². The van der Waals surface area contributed by atoms with E-state index in [-0.39, 0.29) is 6.04 Å². The normalized spacial score (nSPS) is 11.5. The Kier molecular flexibility index (Phi) is 5.51. The number of anilines is 1. The van der Waals surface area contributed by atoms with Crippen LogP contribution in [0, 0.1) is 6.92 Å². The van der Waals surface area contributed by atoms with Crippen molar-refractivity contribution < 1.29 is 4.74 Å². The summed E-state index contributed by atoms with van der Waals surface area (Å²) < 4.78 is 5.68. The first-order chi connectivity index (χ1) is 10.1. The van der Waals surface area contributed by atoms with Crippen molar-refractivity contribution in [1.29, 1.82) is 0 Å². The molecule has 0 fully saturated rings. The quantitative estimate of drug-likeness (QED) is 0.831. The zero-order valence-electron chi connectivity index (χ0n) is 12.2. The van der Waals surface area contributed by atoms with Gasteiger partial charge in [-0.3, -0.25) is 0 Å². The van der Waals surface area contributed by atoms with Gasteiger partial charge in [0.15, 0.2) is 5.11 Å². The minimum absolute atomic E-state index is 0.0919. The molecule has 1 atom stereocenters. The molecular weight excluding hydrogens is 282 g/mol. The van der Waals surface area contributed by atoms with E-state index < -0.39 is 0 Å². The number of hydrogen-bond acceptors (Lipinski definition) is 3. The molecule has 0 aliphatic carbocycles. The molecule has 0 spiro atoms. The van der Waals surface area contributed by atoms with Gasteiger partial charge in [0.25, 0.3) is 0 Å². The maximum Gasteiger partial charge on any atom is 0.172 e. The Bertz CT molecular complexity index is 589. The number of hydrogen-bond donors (Lipinski definition) is 2. The second-order valence-electron chi connectivity index (χ2n) is 4.79. The first kappa shape index (κ1) is 15.3. The molecule has 0 unspecified atom stereocenters. The van der Waals surface area contributed by atoms with Gasteiger partial charge in [-0.25, -0.2) is 4.98 Å². The second-order valence-corrected chi connectivity index (χ2v) is 5.20. The number of aryl methyl sites for hydroxylation is 1. The van der Waals surface area contributed by atoms with Gasteiger partial charge in [0.05, 0.1) is 6.04 Å². The number of ether oxygens (including phenoxy) is 1. The van der Waals surface area contributed by atoms with Gasteiger partial charge < -0.3 is 15.4 Å². The van der Waals surface area contributed by atoms with Gasteiger partial charge in [0.2, 0.25) is 0 Å². The monoisotopic (exact) mass is 301 g/mol. The topological polar surface area (TPSA) is 46.2 Å². The van der Waals surface area contributed by atoms with Crippen LogP contribution >= 0.6 is 12.2 Å². The predicted molar refractivity (Wildman–Crippen MR) is 89.7 cm³/mol. The van der Waals surface area contributed by atoms with Crippen molar-refractivity contribution in [2.75, 3.05) is 11.9 Å². The van der Waals surface area contributed by atoms with Crippen molar-refractivity contribution in [3.8, 4) is 5.75 Å². The van der Waals surface area contributed by atoms with Gasteiger partial charge >= 0.3 is 0 Å². The van der Waals surface area contributed by atoms with Gasteiger partial charge in [0.1, 0.15) is 18.2 Å². The lowest BCUT2D eigenvalue weighted by molar-refractivity contribution is 0.287. The van der Waals surface area contributed by atoms with Crippen LogP contribution in [0.3, 0.4) is 0 Å². The SMILES string of the molecule is Cc1cccnc1NC(=S)N[C@H](C)COc1ccccc1. The van der Waals surface area contributed by atoms with Crippen molar-refractivity contribution in [2.24, 2.45) is 0 Å². The van der Waals surface area contributed by atoms with Crippen LogP contribution in [0.2, 0.25) is 0 Å². The van der Waals surface area contributed by atoms with E-state index >= 15 is 0 Å². The Balaban J connectivity index is 1.78. The fourth-order valence-electron chi connectivity index (χ4n) is 1.76. The summed E-state index contributed by atoms with van der Waals surface area (Å²) in [7, 11) is 0. The lowest BCUT2D eigenvalue weighted by Gasteiger charge is -2.18. The molecule has 0 saturated carbocycles. The minimum Gasteiger partial charge on any atom is -0.491 e. The van der Waals surface area contributed by atoms with E-state index in [1.54, 1.807) is 6.20 Å². The summed E-state index contributed by atoms with van der Waals surface area (Å²) in [4.78, 5) is 4.25. The summed E-state index contributed by atoms with van der Waals surface area (Å²) in [6.07, 6.45) is 1.74. The molecule has 0 aliphatic heterocycles. The average molecular weight is 301 g/mol. The van der Waals surface area contributed by atoms with E-state index in [0.717, 1.165) is 17.1 Å². The molecular formula is C16H19N3OS. The summed E-state index contributed by atoms with van der Waals surface area (Å²) >= 11 is 5.29. The number of nitrogens with one attached hydrogen (secondary N) is 2. The number of pyridine rings is 1. The molecule has 0 saturated heterocycles. The van der Waals surface area contributed by atoms with Crippen LogP contribution in [-0.4, -0.2) is 22.7 Å². The molecule has 4 nitrogen and oxygen atoms in total. The third-order valence-corrected chi connectivity index (χ3v) is 3.08. The predicted octanol–water partition coefficient (Wildman–Crippen LogP) is 3.14. The molecule has 5 heteroatoms. The van der Waals surface area contributed by atoms with Crippen LogP contribution < -0.4 is 15.4 Å². The third-order valence-electron chi connectivity index (χ3n) is 2.86. The molecule has 2 rings (SSSR count). The van der Waals surface area contributed by atoms with Crippen LogP contribution in [0.5, 0.6) is 5.75 Å². The second kappa shape index (κ2) is 7.59. The van der Waals surface area contributed by atoms with Crippen LogP contribution in [0.4, 0.5) is 5.82 Å². The van der Waals surface area contributed by atoms with E-state index in [1.807, 2.05) is 56.3 Å². The number of aromatic nitrogens is 1. The fraction of sp³-hybridized carbons (Fsp3) is 0.250. The summed E-state index contributed by atoms with van der Waals surface area (Å²) in [6.45, 7) is 4.54. The molecule has 0 amide bonds. The van der Waals surface area contributed by atoms with Gasteiger partial charge in [-0.2, -0.15) is 0 Å². The van der Waals surface area contributed by atoms with Crippen molar-refractivity contribution in [3.63, 3.8) is 0 Å². The highest BCUT2D eigenvalue weighted by Crippen LogP contribution is 2.10. The summed E-state index contributed by atoms with van der Waals surface area (Å²) in [5.74, 6) is 1.62. The molecule has 1 heterocycles. The zero-order chi connectivity index (χ0) is 15.1. The Morgan fingerprint density at radius 3 is 2.71 bits per heavy atom. The molecule has 1 aromatic carbocycles. The van der Waals surface area contributed by atoms with Crippen LogP contribution in [0.15, 0.2) is 48.7 Å². The Morgan fingerprint density at radius 2 is 2.00 bits per heavy atom. The lowest BCUT2D eigenvalue weighted by atomic mass is 10.3. The third kappa shape index (κ3) is 5.04. The van der Waals surface area contributed by atoms with Crippen molar-refractivity contribution >= 4 is 23.1 Å². The number of rotatable bonds is 5. The first-order valence-electron chi connectivity index (χ1n) is 6.82. The Morgan fingerprint density at radius 1 is 1.24 bits per heavy atom. The largest absolute Gasteiger partial charge is 0.491 e. The maximum atomic E-state index is 5.68. The van der Waals surface area contributed by atoms with Gasteiger partial charge in [-0.15, -0.1) is 0 Å². The van der Waals surface area contributed by atoms with Crippen LogP contribution in [0.1, 0.15) is 12.5 Å². The summed E-state index contributed by atoms with van der Waals surface area (Å²) in [5, 5.41) is 6.82. The highest BCUT2D eigenvalue weighted by Gasteiger charge is 2.07. The molecule has 110 valence electrons. The molecule has 2 N–H and O–H groups in total. The first-order valence-corrected chi connectivity index (χ1v) is 7.23. The molecule has 1 aromatic heterocycles. The number of thiocarbonyl (C=S) groups is 1. The highest BCUT2D eigenvalue weighted by atomic mass is 32.1. The molecule has 0 radical (unpaired) electrons. The van der Waals surface area contributed by atoms with Gasteiger partial charge in [-0.1, -0.05) is 24.3 Å². The minimum atomic E-state index is 0.0919. The molecule has 21 heavy (non-hydrogen) atoms. The molecule has 2 aromatic rings. The van der Waals surface area contributed by atoms with E-state index in [9.17, 15) is 0 Å². The number of benzene rings is 1. The fourth-order valence-corrected chi connectivity index (χ4v) is 2.06. The highest BCUT2D eigenvalue weighted by molar-refractivity contribution is 7.80. The van der Waals surface area contributed by atoms with Gasteiger partial charge in [-0.05, 0) is 49.8 Å². The Labute approximate surface area is 130 Å². The van der Waals surface area contributed by atoms with Crippen LogP contribution in [0.25, 0.3) is 0 Å². The van der Waals surface area contributed by atoms with E-state index in [1.165, 1.54) is 0 Å². The van der Waals surface area contributed by atoms with E-state index in [0.29, 0.717) is 11.7 Å². The number of nitrogens with zero attached hydrogens (tertiary/aromatic N) is 1. The molecule has 0 aliphatic rings. The van der Waals surface area contributed by atoms with E-state index in [4.69, 9.17) is 17.0 Å². The lowest BCUT2D eigenvalue weighted by Crippen LogP contribution is -2.39. The van der Waals surface area contributed by atoms with Crippen molar-refractivity contribution in [2.45, 2.75) is 19.9 Å². The Hall–Kier alpha value is -2.14. The van der Waals surface area contributed by atoms with Crippen LogP contribution in [-0.2, 0) is 0 Å². The van der Waals surface area contributed by atoms with Gasteiger partial charge in [0, 0.05) is 6.20 Å². The summed E-state index contributed by atoms with van der Waals surface area (Å²) in [5.41, 5.74) is 1.05. The average Bonchev–Trinajstić information content (AvgIpc) is 2.48. The van der Waals surface area contributed by atoms with Crippen molar-refractivity contribution in [1.82, 2.24) is 10.3 Å². The smallest absolute Gasteiger partial charge is 0.172 e. The molecule has 0 bridgehead atoms.